The van der Waals surface area contributed by atoms with E-state index in [0.717, 1.165) is 0 Å². The molecule has 1 unspecified atom stereocenters. The van der Waals surface area contributed by atoms with Crippen molar-refractivity contribution in [3.63, 3.8) is 0 Å². The lowest BCUT2D eigenvalue weighted by Gasteiger charge is -2.30. The van der Waals surface area contributed by atoms with Crippen molar-refractivity contribution in [2.24, 2.45) is 0 Å². The number of carbonyl (C=O) groups is 3. The van der Waals surface area contributed by atoms with Crippen molar-refractivity contribution in [3.05, 3.63) is 98.4 Å². The number of nitro benzene ring substituents is 1. The first kappa shape index (κ1) is 26.1. The number of hydrogen-bond donors (Lipinski definition) is 1. The van der Waals surface area contributed by atoms with Gasteiger partial charge in [-0.3, -0.25) is 14.9 Å². The molecule has 0 saturated carbocycles. The van der Waals surface area contributed by atoms with E-state index >= 15 is 0 Å². The Kier molecular flexibility index (Phi) is 8.21. The molecule has 10 nitrogen and oxygen atoms in total. The van der Waals surface area contributed by atoms with Gasteiger partial charge in [-0.1, -0.05) is 30.3 Å². The molecule has 0 spiro atoms. The second-order valence-electron chi connectivity index (χ2n) is 8.21. The largest absolute Gasteiger partial charge is 0.466 e. The SMILES string of the molecule is COC(=O)C1=C(C)NC(C)=C(C(=O)OCCN(C)C(=O)c2ccccc2)C1c1cccc([N+](=O)[O-])c1. The summed E-state index contributed by atoms with van der Waals surface area (Å²) in [6.07, 6.45) is 0. The summed E-state index contributed by atoms with van der Waals surface area (Å²) in [7, 11) is 2.82. The number of nitro groups is 1. The van der Waals surface area contributed by atoms with Gasteiger partial charge in [0.05, 0.1) is 35.6 Å². The smallest absolute Gasteiger partial charge is 0.336 e. The van der Waals surface area contributed by atoms with Crippen LogP contribution in [0, 0.1) is 10.1 Å². The Balaban J connectivity index is 1.86. The molecule has 0 fully saturated rings. The second-order valence-corrected chi connectivity index (χ2v) is 8.21. The van der Waals surface area contributed by atoms with Gasteiger partial charge in [0.25, 0.3) is 11.6 Å². The van der Waals surface area contributed by atoms with Gasteiger partial charge in [0, 0.05) is 36.1 Å². The van der Waals surface area contributed by atoms with Crippen LogP contribution in [0.3, 0.4) is 0 Å². The Morgan fingerprint density at radius 3 is 2.25 bits per heavy atom. The fourth-order valence-corrected chi connectivity index (χ4v) is 4.05. The van der Waals surface area contributed by atoms with Crippen LogP contribution in [0.5, 0.6) is 0 Å². The minimum Gasteiger partial charge on any atom is -0.466 e. The molecule has 0 radical (unpaired) electrons. The summed E-state index contributed by atoms with van der Waals surface area (Å²) in [6.45, 7) is 3.36. The van der Waals surface area contributed by atoms with E-state index in [1.54, 1.807) is 51.2 Å². The molecule has 1 atom stereocenters. The Hall–Kier alpha value is -4.47. The van der Waals surface area contributed by atoms with Crippen LogP contribution < -0.4 is 5.32 Å². The van der Waals surface area contributed by atoms with E-state index in [-0.39, 0.29) is 35.9 Å². The van der Waals surface area contributed by atoms with Crippen molar-refractivity contribution in [1.29, 1.82) is 0 Å². The number of carbonyl (C=O) groups excluding carboxylic acids is 3. The number of methoxy groups -OCH3 is 1. The Morgan fingerprint density at radius 1 is 1.00 bits per heavy atom. The first-order valence-electron chi connectivity index (χ1n) is 11.1. The number of nitrogens with zero attached hydrogens (tertiary/aromatic N) is 2. The van der Waals surface area contributed by atoms with Gasteiger partial charge in [0.15, 0.2) is 0 Å². The molecule has 3 rings (SSSR count). The molecule has 1 aliphatic rings. The van der Waals surface area contributed by atoms with Crippen molar-refractivity contribution < 1.29 is 28.8 Å². The first-order valence-corrected chi connectivity index (χ1v) is 11.1. The lowest BCUT2D eigenvalue weighted by atomic mass is 9.80. The maximum absolute atomic E-state index is 13.3. The lowest BCUT2D eigenvalue weighted by molar-refractivity contribution is -0.384. The monoisotopic (exact) mass is 493 g/mol. The molecule has 2 aromatic rings. The zero-order valence-electron chi connectivity index (χ0n) is 20.4. The molecule has 1 amide bonds. The second kappa shape index (κ2) is 11.3. The minimum absolute atomic E-state index is 0.0946. The van der Waals surface area contributed by atoms with Crippen LogP contribution in [-0.2, 0) is 19.1 Å². The van der Waals surface area contributed by atoms with Gasteiger partial charge in [-0.05, 0) is 31.5 Å². The molecule has 1 N–H and O–H groups in total. The highest BCUT2D eigenvalue weighted by molar-refractivity contribution is 6.00. The Labute approximate surface area is 208 Å². The molecule has 2 aromatic carbocycles. The average molecular weight is 494 g/mol. The maximum Gasteiger partial charge on any atom is 0.336 e. The van der Waals surface area contributed by atoms with Crippen molar-refractivity contribution in [2.75, 3.05) is 27.3 Å². The maximum atomic E-state index is 13.3. The zero-order valence-corrected chi connectivity index (χ0v) is 20.4. The summed E-state index contributed by atoms with van der Waals surface area (Å²) in [5.74, 6) is -2.56. The molecule has 188 valence electrons. The van der Waals surface area contributed by atoms with E-state index in [4.69, 9.17) is 9.47 Å². The normalized spacial score (nSPS) is 15.2. The van der Waals surface area contributed by atoms with E-state index in [9.17, 15) is 24.5 Å². The fourth-order valence-electron chi connectivity index (χ4n) is 4.05. The average Bonchev–Trinajstić information content (AvgIpc) is 2.87. The number of nitrogens with one attached hydrogen (secondary N) is 1. The van der Waals surface area contributed by atoms with Crippen LogP contribution in [0.1, 0.15) is 35.7 Å². The highest BCUT2D eigenvalue weighted by atomic mass is 16.6. The zero-order chi connectivity index (χ0) is 26.4. The van der Waals surface area contributed by atoms with Gasteiger partial charge in [0.2, 0.25) is 0 Å². The summed E-state index contributed by atoms with van der Waals surface area (Å²) in [6, 6.07) is 14.5. The van der Waals surface area contributed by atoms with Crippen LogP contribution >= 0.6 is 0 Å². The summed E-state index contributed by atoms with van der Waals surface area (Å²) in [5.41, 5.74) is 1.87. The summed E-state index contributed by atoms with van der Waals surface area (Å²) in [4.78, 5) is 50.8. The van der Waals surface area contributed by atoms with Crippen LogP contribution in [0.2, 0.25) is 0 Å². The summed E-state index contributed by atoms with van der Waals surface area (Å²) >= 11 is 0. The summed E-state index contributed by atoms with van der Waals surface area (Å²) < 4.78 is 10.4. The fraction of sp³-hybridized carbons (Fsp3) is 0.269. The Morgan fingerprint density at radius 2 is 1.64 bits per heavy atom. The molecular formula is C26H27N3O7. The molecule has 10 heteroatoms. The number of rotatable bonds is 8. The van der Waals surface area contributed by atoms with Crippen molar-refractivity contribution >= 4 is 23.5 Å². The number of ether oxygens (including phenoxy) is 2. The van der Waals surface area contributed by atoms with Crippen molar-refractivity contribution in [2.45, 2.75) is 19.8 Å². The number of likely N-dealkylation sites (N-methyl/N-ethyl adjacent to an activating group) is 1. The molecule has 1 aliphatic heterocycles. The first-order chi connectivity index (χ1) is 17.1. The van der Waals surface area contributed by atoms with Gasteiger partial charge in [0.1, 0.15) is 6.61 Å². The van der Waals surface area contributed by atoms with Crippen molar-refractivity contribution in [3.8, 4) is 0 Å². The van der Waals surface area contributed by atoms with Gasteiger partial charge >= 0.3 is 11.9 Å². The minimum atomic E-state index is -0.949. The summed E-state index contributed by atoms with van der Waals surface area (Å²) in [5, 5.41) is 14.4. The third kappa shape index (κ3) is 5.60. The van der Waals surface area contributed by atoms with Crippen LogP contribution in [0.4, 0.5) is 5.69 Å². The van der Waals surface area contributed by atoms with Crippen molar-refractivity contribution in [1.82, 2.24) is 10.2 Å². The topological polar surface area (TPSA) is 128 Å². The Bertz CT molecular complexity index is 1250. The molecule has 0 aromatic heterocycles. The number of non-ortho nitro benzene ring substituents is 1. The number of benzene rings is 2. The molecule has 36 heavy (non-hydrogen) atoms. The van der Waals surface area contributed by atoms with Gasteiger partial charge in [-0.15, -0.1) is 0 Å². The quantitative estimate of drug-likeness (QED) is 0.337. The highest BCUT2D eigenvalue weighted by Crippen LogP contribution is 2.40. The molecule has 0 bridgehead atoms. The number of amides is 1. The molecule has 0 saturated heterocycles. The van der Waals surface area contributed by atoms with E-state index in [1.165, 1.54) is 30.2 Å². The standard InChI is InChI=1S/C26H27N3O7/c1-16-21(25(31)35-4)23(19-11-8-12-20(15-19)29(33)34)22(17(2)27-16)26(32)36-14-13-28(3)24(30)18-9-6-5-7-10-18/h5-12,15,23,27H,13-14H2,1-4H3. The van der Waals surface area contributed by atoms with Gasteiger partial charge in [-0.25, -0.2) is 9.59 Å². The number of hydrogen-bond acceptors (Lipinski definition) is 8. The lowest BCUT2D eigenvalue weighted by Crippen LogP contribution is -2.34. The van der Waals surface area contributed by atoms with E-state index in [1.807, 2.05) is 6.07 Å². The predicted octanol–water partition coefficient (Wildman–Crippen LogP) is 3.32. The van der Waals surface area contributed by atoms with Crippen LogP contribution in [0.25, 0.3) is 0 Å². The number of allylic oxidation sites excluding steroid dienone is 2. The molecule has 1 heterocycles. The highest BCUT2D eigenvalue weighted by Gasteiger charge is 2.38. The molecule has 0 aliphatic carbocycles. The van der Waals surface area contributed by atoms with Gasteiger partial charge < -0.3 is 19.7 Å². The third-order valence-corrected chi connectivity index (χ3v) is 5.83. The van der Waals surface area contributed by atoms with Crippen LogP contribution in [-0.4, -0.2) is 55.0 Å². The van der Waals surface area contributed by atoms with Gasteiger partial charge in [-0.2, -0.15) is 0 Å². The molecular weight excluding hydrogens is 466 g/mol. The van der Waals surface area contributed by atoms with Crippen LogP contribution in [0.15, 0.2) is 77.1 Å². The number of dihydropyridines is 1. The third-order valence-electron chi connectivity index (χ3n) is 5.83. The number of esters is 2. The van der Waals surface area contributed by atoms with E-state index in [2.05, 4.69) is 5.32 Å². The predicted molar refractivity (Wildman–Crippen MR) is 131 cm³/mol. The van der Waals surface area contributed by atoms with E-state index < -0.39 is 22.8 Å². The van der Waals surface area contributed by atoms with E-state index in [0.29, 0.717) is 22.5 Å².